The summed E-state index contributed by atoms with van der Waals surface area (Å²) >= 11 is 0. The van der Waals surface area contributed by atoms with Gasteiger partial charge in [0, 0.05) is 25.7 Å². The van der Waals surface area contributed by atoms with E-state index in [0.29, 0.717) is 43.6 Å². The van der Waals surface area contributed by atoms with E-state index < -0.39 is 0 Å². The molecule has 118 valence electrons. The summed E-state index contributed by atoms with van der Waals surface area (Å²) in [6, 6.07) is 5.40. The SMILES string of the molecule is COCCOCCCOc1ccc(/C(C)=N/O)cc1OC. The van der Waals surface area contributed by atoms with Gasteiger partial charge in [0.2, 0.25) is 0 Å². The van der Waals surface area contributed by atoms with Crippen LogP contribution in [0.25, 0.3) is 0 Å². The smallest absolute Gasteiger partial charge is 0.161 e. The van der Waals surface area contributed by atoms with Crippen LogP contribution in [0.3, 0.4) is 0 Å². The second-order valence-corrected chi connectivity index (χ2v) is 4.36. The first-order chi connectivity index (χ1) is 10.2. The number of methoxy groups -OCH3 is 2. The Morgan fingerprint density at radius 2 is 1.90 bits per heavy atom. The van der Waals surface area contributed by atoms with Crippen LogP contribution in [-0.2, 0) is 9.47 Å². The lowest BCUT2D eigenvalue weighted by Gasteiger charge is -2.12. The minimum absolute atomic E-state index is 0.520. The van der Waals surface area contributed by atoms with Crippen molar-refractivity contribution in [2.45, 2.75) is 13.3 Å². The molecule has 6 nitrogen and oxygen atoms in total. The molecule has 1 N–H and O–H groups in total. The van der Waals surface area contributed by atoms with Gasteiger partial charge >= 0.3 is 0 Å². The van der Waals surface area contributed by atoms with Crippen molar-refractivity contribution in [1.82, 2.24) is 0 Å². The molecular formula is C15H23NO5. The van der Waals surface area contributed by atoms with Crippen molar-refractivity contribution in [1.29, 1.82) is 0 Å². The van der Waals surface area contributed by atoms with Gasteiger partial charge in [0.15, 0.2) is 11.5 Å². The van der Waals surface area contributed by atoms with Crippen LogP contribution in [0, 0.1) is 0 Å². The highest BCUT2D eigenvalue weighted by Crippen LogP contribution is 2.28. The summed E-state index contributed by atoms with van der Waals surface area (Å²) < 4.78 is 21.2. The molecule has 1 rings (SSSR count). The number of benzene rings is 1. The number of oxime groups is 1. The van der Waals surface area contributed by atoms with Crippen molar-refractivity contribution in [2.24, 2.45) is 5.16 Å². The molecule has 0 aliphatic heterocycles. The molecule has 0 aliphatic carbocycles. The molecule has 0 radical (unpaired) electrons. The summed E-state index contributed by atoms with van der Waals surface area (Å²) in [6.07, 6.45) is 0.783. The van der Waals surface area contributed by atoms with Crippen molar-refractivity contribution >= 4 is 5.71 Å². The van der Waals surface area contributed by atoms with Crippen molar-refractivity contribution < 1.29 is 24.2 Å². The Hall–Kier alpha value is -1.79. The van der Waals surface area contributed by atoms with Gasteiger partial charge in [-0.3, -0.25) is 0 Å². The van der Waals surface area contributed by atoms with Crippen molar-refractivity contribution in [3.8, 4) is 11.5 Å². The molecule has 1 aromatic rings. The lowest BCUT2D eigenvalue weighted by Crippen LogP contribution is -2.07. The molecule has 0 atom stereocenters. The lowest BCUT2D eigenvalue weighted by molar-refractivity contribution is 0.0643. The molecule has 0 unspecified atom stereocenters. The Kier molecular flexibility index (Phi) is 8.23. The Morgan fingerprint density at radius 1 is 1.10 bits per heavy atom. The Balaban J connectivity index is 2.44. The Morgan fingerprint density at radius 3 is 2.57 bits per heavy atom. The molecule has 6 heteroatoms. The molecule has 21 heavy (non-hydrogen) atoms. The van der Waals surface area contributed by atoms with Crippen molar-refractivity contribution in [3.05, 3.63) is 23.8 Å². The summed E-state index contributed by atoms with van der Waals surface area (Å²) in [7, 11) is 3.22. The van der Waals surface area contributed by atoms with Gasteiger partial charge in [-0.15, -0.1) is 0 Å². The molecule has 1 aromatic carbocycles. The average Bonchev–Trinajstić information content (AvgIpc) is 2.53. The second kappa shape index (κ2) is 10.0. The zero-order valence-corrected chi connectivity index (χ0v) is 12.8. The van der Waals surface area contributed by atoms with E-state index in [1.165, 1.54) is 0 Å². The number of nitrogens with zero attached hydrogens (tertiary/aromatic N) is 1. The van der Waals surface area contributed by atoms with Crippen LogP contribution >= 0.6 is 0 Å². The van der Waals surface area contributed by atoms with Crippen molar-refractivity contribution in [2.75, 3.05) is 40.6 Å². The summed E-state index contributed by atoms with van der Waals surface area (Å²) in [5, 5.41) is 11.9. The van der Waals surface area contributed by atoms with E-state index in [1.807, 2.05) is 6.07 Å². The van der Waals surface area contributed by atoms with Crippen molar-refractivity contribution in [3.63, 3.8) is 0 Å². The summed E-state index contributed by atoms with van der Waals surface area (Å²) in [6.45, 7) is 4.07. The monoisotopic (exact) mass is 297 g/mol. The topological polar surface area (TPSA) is 69.5 Å². The third kappa shape index (κ3) is 6.01. The van der Waals surface area contributed by atoms with Crippen LogP contribution in [0.1, 0.15) is 18.9 Å². The second-order valence-electron chi connectivity index (χ2n) is 4.36. The highest BCUT2D eigenvalue weighted by atomic mass is 16.5. The average molecular weight is 297 g/mol. The summed E-state index contributed by atoms with van der Waals surface area (Å²) in [5.41, 5.74) is 1.30. The maximum absolute atomic E-state index is 8.78. The predicted molar refractivity (Wildman–Crippen MR) is 79.8 cm³/mol. The van der Waals surface area contributed by atoms with Crippen LogP contribution in [0.4, 0.5) is 0 Å². The van der Waals surface area contributed by atoms with Gasteiger partial charge in [0.1, 0.15) is 0 Å². The molecule has 0 saturated heterocycles. The number of hydrogen-bond acceptors (Lipinski definition) is 6. The van der Waals surface area contributed by atoms with Crippen LogP contribution in [0.5, 0.6) is 11.5 Å². The van der Waals surface area contributed by atoms with E-state index in [2.05, 4.69) is 5.16 Å². The van der Waals surface area contributed by atoms with Crippen LogP contribution in [0.15, 0.2) is 23.4 Å². The molecule has 0 amide bonds. The van der Waals surface area contributed by atoms with Gasteiger partial charge in [-0.25, -0.2) is 0 Å². The van der Waals surface area contributed by atoms with Gasteiger partial charge < -0.3 is 24.2 Å². The standard InChI is InChI=1S/C15H23NO5/c1-12(16-17)13-5-6-14(15(11-13)19-3)21-8-4-7-20-10-9-18-2/h5-6,11,17H,4,7-10H2,1-3H3/b16-12+. The van der Waals surface area contributed by atoms with Gasteiger partial charge in [0.25, 0.3) is 0 Å². The Bertz CT molecular complexity index is 448. The van der Waals surface area contributed by atoms with E-state index in [-0.39, 0.29) is 0 Å². The van der Waals surface area contributed by atoms with E-state index in [1.54, 1.807) is 33.3 Å². The fourth-order valence-corrected chi connectivity index (χ4v) is 1.66. The largest absolute Gasteiger partial charge is 0.493 e. The molecule has 0 heterocycles. The zero-order chi connectivity index (χ0) is 15.5. The normalized spacial score (nSPS) is 11.5. The van der Waals surface area contributed by atoms with Gasteiger partial charge in [0.05, 0.1) is 32.6 Å². The third-order valence-electron chi connectivity index (χ3n) is 2.85. The Labute approximate surface area is 125 Å². The molecule has 0 aromatic heterocycles. The quantitative estimate of drug-likeness (QED) is 0.311. The minimum atomic E-state index is 0.520. The molecule has 0 bridgehead atoms. The predicted octanol–water partition coefficient (Wildman–Crippen LogP) is 2.33. The van der Waals surface area contributed by atoms with Crippen LogP contribution < -0.4 is 9.47 Å². The van der Waals surface area contributed by atoms with Gasteiger partial charge in [-0.2, -0.15) is 0 Å². The maximum atomic E-state index is 8.78. The highest BCUT2D eigenvalue weighted by molar-refractivity contribution is 5.98. The van der Waals surface area contributed by atoms with Crippen LogP contribution in [-0.4, -0.2) is 51.6 Å². The van der Waals surface area contributed by atoms with E-state index >= 15 is 0 Å². The molecule has 0 aliphatic rings. The molecule has 0 saturated carbocycles. The number of rotatable bonds is 10. The molecule has 0 fully saturated rings. The molecular weight excluding hydrogens is 274 g/mol. The highest BCUT2D eigenvalue weighted by Gasteiger charge is 2.07. The van der Waals surface area contributed by atoms with E-state index in [9.17, 15) is 0 Å². The summed E-state index contributed by atoms with van der Waals surface area (Å²) in [5.74, 6) is 1.26. The summed E-state index contributed by atoms with van der Waals surface area (Å²) in [4.78, 5) is 0. The zero-order valence-electron chi connectivity index (χ0n) is 12.8. The third-order valence-corrected chi connectivity index (χ3v) is 2.85. The fraction of sp³-hybridized carbons (Fsp3) is 0.533. The van der Waals surface area contributed by atoms with E-state index in [4.69, 9.17) is 24.2 Å². The van der Waals surface area contributed by atoms with Gasteiger partial charge in [-0.1, -0.05) is 5.16 Å². The lowest BCUT2D eigenvalue weighted by atomic mass is 10.1. The van der Waals surface area contributed by atoms with Crippen LogP contribution in [0.2, 0.25) is 0 Å². The minimum Gasteiger partial charge on any atom is -0.493 e. The van der Waals surface area contributed by atoms with E-state index in [0.717, 1.165) is 12.0 Å². The van der Waals surface area contributed by atoms with Gasteiger partial charge in [-0.05, 0) is 25.1 Å². The fourth-order valence-electron chi connectivity index (χ4n) is 1.66. The first-order valence-corrected chi connectivity index (χ1v) is 6.79. The first kappa shape index (κ1) is 17.3. The first-order valence-electron chi connectivity index (χ1n) is 6.79. The maximum Gasteiger partial charge on any atom is 0.161 e. The molecule has 0 spiro atoms. The number of ether oxygens (including phenoxy) is 4. The number of hydrogen-bond donors (Lipinski definition) is 1.